The standard InChI is InChI=1S/C17H17F3N2O/c1-11(2)15(12-6-4-3-5-7-12)22-16(23)13-8-9-14(21-10-13)17(18,19)20/h3-11,15H,1-2H3,(H,22,23). The molecule has 0 bridgehead atoms. The summed E-state index contributed by atoms with van der Waals surface area (Å²) in [5.41, 5.74) is 0.0211. The monoisotopic (exact) mass is 322 g/mol. The minimum absolute atomic E-state index is 0.0968. The van der Waals surface area contributed by atoms with E-state index in [1.165, 1.54) is 0 Å². The molecular weight excluding hydrogens is 305 g/mol. The highest BCUT2D eigenvalue weighted by atomic mass is 19.4. The van der Waals surface area contributed by atoms with Crippen molar-refractivity contribution in [3.63, 3.8) is 0 Å². The lowest BCUT2D eigenvalue weighted by molar-refractivity contribution is -0.141. The van der Waals surface area contributed by atoms with Crippen LogP contribution in [0.5, 0.6) is 0 Å². The average Bonchev–Trinajstić information content (AvgIpc) is 2.52. The number of alkyl halides is 3. The first-order valence-electron chi connectivity index (χ1n) is 7.18. The Balaban J connectivity index is 2.16. The second-order valence-corrected chi connectivity index (χ2v) is 5.54. The second-order valence-electron chi connectivity index (χ2n) is 5.54. The van der Waals surface area contributed by atoms with Crippen molar-refractivity contribution in [2.75, 3.05) is 0 Å². The number of nitrogens with one attached hydrogen (secondary N) is 1. The number of halogens is 3. The number of nitrogens with zero attached hydrogens (tertiary/aromatic N) is 1. The molecule has 0 aliphatic heterocycles. The van der Waals surface area contributed by atoms with Crippen molar-refractivity contribution in [1.82, 2.24) is 10.3 Å². The van der Waals surface area contributed by atoms with E-state index in [0.717, 1.165) is 23.9 Å². The van der Waals surface area contributed by atoms with Gasteiger partial charge in [-0.1, -0.05) is 44.2 Å². The maximum atomic E-state index is 12.5. The van der Waals surface area contributed by atoms with Crippen LogP contribution in [0.2, 0.25) is 0 Å². The zero-order valence-electron chi connectivity index (χ0n) is 12.8. The summed E-state index contributed by atoms with van der Waals surface area (Å²) in [6.45, 7) is 3.92. The largest absolute Gasteiger partial charge is 0.433 e. The molecule has 1 aromatic heterocycles. The van der Waals surface area contributed by atoms with Crippen LogP contribution in [0.4, 0.5) is 13.2 Å². The Labute approximate surface area is 132 Å². The number of pyridine rings is 1. The molecule has 0 fully saturated rings. The van der Waals surface area contributed by atoms with Crippen LogP contribution in [0.3, 0.4) is 0 Å². The maximum Gasteiger partial charge on any atom is 0.433 e. The lowest BCUT2D eigenvalue weighted by Crippen LogP contribution is -2.31. The van der Waals surface area contributed by atoms with Gasteiger partial charge in [-0.05, 0) is 23.6 Å². The molecule has 0 saturated heterocycles. The molecule has 0 aliphatic rings. The number of rotatable bonds is 4. The van der Waals surface area contributed by atoms with Gasteiger partial charge in [0.25, 0.3) is 5.91 Å². The molecule has 0 saturated carbocycles. The molecule has 1 heterocycles. The zero-order valence-corrected chi connectivity index (χ0v) is 12.8. The third kappa shape index (κ3) is 4.31. The number of carbonyl (C=O) groups is 1. The van der Waals surface area contributed by atoms with E-state index in [-0.39, 0.29) is 17.5 Å². The molecule has 1 atom stereocenters. The van der Waals surface area contributed by atoms with Crippen LogP contribution in [0.15, 0.2) is 48.7 Å². The highest BCUT2D eigenvalue weighted by molar-refractivity contribution is 5.94. The summed E-state index contributed by atoms with van der Waals surface area (Å²) < 4.78 is 37.5. The highest BCUT2D eigenvalue weighted by Gasteiger charge is 2.32. The van der Waals surface area contributed by atoms with E-state index in [4.69, 9.17) is 0 Å². The molecule has 2 aromatic rings. The van der Waals surface area contributed by atoms with E-state index < -0.39 is 17.8 Å². The predicted octanol–water partition coefficient (Wildman–Crippen LogP) is 4.23. The van der Waals surface area contributed by atoms with Gasteiger partial charge in [0.05, 0.1) is 11.6 Å². The molecule has 1 amide bonds. The average molecular weight is 322 g/mol. The van der Waals surface area contributed by atoms with Gasteiger partial charge >= 0.3 is 6.18 Å². The van der Waals surface area contributed by atoms with Gasteiger partial charge in [-0.3, -0.25) is 9.78 Å². The summed E-state index contributed by atoms with van der Waals surface area (Å²) in [4.78, 5) is 15.6. The van der Waals surface area contributed by atoms with Gasteiger partial charge in [-0.2, -0.15) is 13.2 Å². The van der Waals surface area contributed by atoms with Crippen LogP contribution in [-0.2, 0) is 6.18 Å². The number of aromatic nitrogens is 1. The third-order valence-electron chi connectivity index (χ3n) is 3.43. The Morgan fingerprint density at radius 3 is 2.22 bits per heavy atom. The highest BCUT2D eigenvalue weighted by Crippen LogP contribution is 2.27. The normalized spacial score (nSPS) is 13.0. The fourth-order valence-electron chi connectivity index (χ4n) is 2.22. The Morgan fingerprint density at radius 1 is 1.09 bits per heavy atom. The predicted molar refractivity (Wildman–Crippen MR) is 80.7 cm³/mol. The fraction of sp³-hybridized carbons (Fsp3) is 0.294. The van der Waals surface area contributed by atoms with Gasteiger partial charge in [0.2, 0.25) is 0 Å². The summed E-state index contributed by atoms with van der Waals surface area (Å²) in [6, 6.07) is 11.1. The lowest BCUT2D eigenvalue weighted by Gasteiger charge is -2.23. The van der Waals surface area contributed by atoms with E-state index in [1.54, 1.807) is 0 Å². The number of hydrogen-bond acceptors (Lipinski definition) is 2. The van der Waals surface area contributed by atoms with Crippen molar-refractivity contribution in [1.29, 1.82) is 0 Å². The molecule has 6 heteroatoms. The molecule has 0 aliphatic carbocycles. The van der Waals surface area contributed by atoms with Crippen molar-refractivity contribution in [3.05, 3.63) is 65.5 Å². The summed E-state index contributed by atoms with van der Waals surface area (Å²) in [5.74, 6) is -0.322. The first kappa shape index (κ1) is 17.0. The van der Waals surface area contributed by atoms with Crippen LogP contribution < -0.4 is 5.32 Å². The fourth-order valence-corrected chi connectivity index (χ4v) is 2.22. The van der Waals surface area contributed by atoms with Gasteiger partial charge < -0.3 is 5.32 Å². The second kappa shape index (κ2) is 6.81. The molecule has 1 aromatic carbocycles. The molecule has 2 rings (SSSR count). The number of hydrogen-bond donors (Lipinski definition) is 1. The summed E-state index contributed by atoms with van der Waals surface area (Å²) in [6.07, 6.45) is -3.57. The molecule has 1 N–H and O–H groups in total. The summed E-state index contributed by atoms with van der Waals surface area (Å²) in [7, 11) is 0. The molecule has 0 spiro atoms. The van der Waals surface area contributed by atoms with Crippen molar-refractivity contribution < 1.29 is 18.0 Å². The number of amides is 1. The van der Waals surface area contributed by atoms with Crippen molar-refractivity contribution >= 4 is 5.91 Å². The lowest BCUT2D eigenvalue weighted by atomic mass is 9.96. The van der Waals surface area contributed by atoms with E-state index >= 15 is 0 Å². The minimum atomic E-state index is -4.51. The summed E-state index contributed by atoms with van der Waals surface area (Å²) in [5, 5.41) is 2.85. The van der Waals surface area contributed by atoms with Gasteiger partial charge in [0, 0.05) is 6.20 Å². The van der Waals surface area contributed by atoms with E-state index in [0.29, 0.717) is 0 Å². The van der Waals surface area contributed by atoms with Crippen molar-refractivity contribution in [2.24, 2.45) is 5.92 Å². The Bertz CT molecular complexity index is 652. The molecular formula is C17H17F3N2O. The van der Waals surface area contributed by atoms with Gasteiger partial charge in [-0.15, -0.1) is 0 Å². The van der Waals surface area contributed by atoms with Gasteiger partial charge in [0.15, 0.2) is 0 Å². The molecule has 122 valence electrons. The number of benzene rings is 1. The third-order valence-corrected chi connectivity index (χ3v) is 3.43. The van der Waals surface area contributed by atoms with Crippen LogP contribution in [-0.4, -0.2) is 10.9 Å². The molecule has 0 radical (unpaired) electrons. The quantitative estimate of drug-likeness (QED) is 0.915. The van der Waals surface area contributed by atoms with Gasteiger partial charge in [0.1, 0.15) is 5.69 Å². The first-order chi connectivity index (χ1) is 10.8. The zero-order chi connectivity index (χ0) is 17.0. The summed E-state index contributed by atoms with van der Waals surface area (Å²) >= 11 is 0. The van der Waals surface area contributed by atoms with Crippen LogP contribution in [0.1, 0.15) is 41.5 Å². The van der Waals surface area contributed by atoms with E-state index in [9.17, 15) is 18.0 Å². The van der Waals surface area contributed by atoms with E-state index in [1.807, 2.05) is 44.2 Å². The maximum absolute atomic E-state index is 12.5. The van der Waals surface area contributed by atoms with Gasteiger partial charge in [-0.25, -0.2) is 0 Å². The molecule has 1 unspecified atom stereocenters. The van der Waals surface area contributed by atoms with Crippen molar-refractivity contribution in [3.8, 4) is 0 Å². The SMILES string of the molecule is CC(C)C(NC(=O)c1ccc(C(F)(F)F)nc1)c1ccccc1. The van der Waals surface area contributed by atoms with Crippen LogP contribution >= 0.6 is 0 Å². The Morgan fingerprint density at radius 2 is 1.74 bits per heavy atom. The Kier molecular flexibility index (Phi) is 5.03. The molecule has 23 heavy (non-hydrogen) atoms. The van der Waals surface area contributed by atoms with Crippen molar-refractivity contribution in [2.45, 2.75) is 26.1 Å². The molecule has 3 nitrogen and oxygen atoms in total. The first-order valence-corrected chi connectivity index (χ1v) is 7.18. The van der Waals surface area contributed by atoms with Crippen LogP contribution in [0.25, 0.3) is 0 Å². The van der Waals surface area contributed by atoms with E-state index in [2.05, 4.69) is 10.3 Å². The minimum Gasteiger partial charge on any atom is -0.345 e. The topological polar surface area (TPSA) is 42.0 Å². The van der Waals surface area contributed by atoms with Crippen LogP contribution in [0, 0.1) is 5.92 Å². The Hall–Kier alpha value is -2.37. The number of carbonyl (C=O) groups excluding carboxylic acids is 1. The smallest absolute Gasteiger partial charge is 0.345 e.